The molecule has 0 unspecified atom stereocenters. The number of carboxylic acid groups (broad SMARTS) is 1. The van der Waals surface area contributed by atoms with Gasteiger partial charge in [-0.3, -0.25) is 14.5 Å². The maximum Gasteiger partial charge on any atom is 0.304 e. The van der Waals surface area contributed by atoms with E-state index < -0.39 is 5.97 Å². The van der Waals surface area contributed by atoms with E-state index in [1.165, 1.54) is 0 Å². The lowest BCUT2D eigenvalue weighted by molar-refractivity contribution is -0.138. The summed E-state index contributed by atoms with van der Waals surface area (Å²) in [6.07, 6.45) is 0.0237. The van der Waals surface area contributed by atoms with Crippen molar-refractivity contribution in [2.45, 2.75) is 32.7 Å². The predicted molar refractivity (Wildman–Crippen MR) is 78.7 cm³/mol. The highest BCUT2D eigenvalue weighted by Crippen LogP contribution is 2.14. The lowest BCUT2D eigenvalue weighted by atomic mass is 10.1. The molecule has 0 bridgehead atoms. The number of carbonyl (C=O) groups excluding carboxylic acids is 1. The van der Waals surface area contributed by atoms with Crippen LogP contribution in [0.25, 0.3) is 0 Å². The Morgan fingerprint density at radius 3 is 2.30 bits per heavy atom. The topological polar surface area (TPSA) is 69.6 Å². The summed E-state index contributed by atoms with van der Waals surface area (Å²) >= 11 is 0. The maximum atomic E-state index is 12.0. The van der Waals surface area contributed by atoms with E-state index in [1.807, 2.05) is 56.0 Å². The standard InChI is InChI=1S/C15H22N2O3/c1-15(2,3)17(10-9-14(19)20)11-13(18)16-12-7-5-4-6-8-12/h4-8H,9-11H2,1-3H3,(H,16,18)(H,19,20). The van der Waals surface area contributed by atoms with Gasteiger partial charge in [-0.05, 0) is 32.9 Å². The SMILES string of the molecule is CC(C)(C)N(CCC(=O)O)CC(=O)Nc1ccccc1. The van der Waals surface area contributed by atoms with Crippen molar-refractivity contribution in [3.8, 4) is 0 Å². The number of anilines is 1. The first-order valence-corrected chi connectivity index (χ1v) is 6.61. The van der Waals surface area contributed by atoms with Gasteiger partial charge in [-0.15, -0.1) is 0 Å². The van der Waals surface area contributed by atoms with Gasteiger partial charge in [0.25, 0.3) is 0 Å². The van der Waals surface area contributed by atoms with Crippen LogP contribution in [0.15, 0.2) is 30.3 Å². The highest BCUT2D eigenvalue weighted by atomic mass is 16.4. The van der Waals surface area contributed by atoms with Crippen molar-refractivity contribution in [1.82, 2.24) is 4.90 Å². The first kappa shape index (κ1) is 16.2. The van der Waals surface area contributed by atoms with Crippen LogP contribution >= 0.6 is 0 Å². The molecule has 2 N–H and O–H groups in total. The Balaban J connectivity index is 2.60. The minimum Gasteiger partial charge on any atom is -0.481 e. The van der Waals surface area contributed by atoms with Gasteiger partial charge in [0.15, 0.2) is 0 Å². The van der Waals surface area contributed by atoms with Gasteiger partial charge in [-0.2, -0.15) is 0 Å². The fourth-order valence-electron chi connectivity index (χ4n) is 1.78. The summed E-state index contributed by atoms with van der Waals surface area (Å²) in [4.78, 5) is 24.6. The number of amides is 1. The molecule has 1 aromatic carbocycles. The zero-order valence-electron chi connectivity index (χ0n) is 12.2. The van der Waals surface area contributed by atoms with Crippen molar-refractivity contribution in [3.63, 3.8) is 0 Å². The van der Waals surface area contributed by atoms with E-state index in [4.69, 9.17) is 5.11 Å². The summed E-state index contributed by atoms with van der Waals surface area (Å²) in [5.74, 6) is -1.00. The third-order valence-electron chi connectivity index (χ3n) is 2.94. The molecule has 1 rings (SSSR count). The van der Waals surface area contributed by atoms with Crippen molar-refractivity contribution < 1.29 is 14.7 Å². The Morgan fingerprint density at radius 2 is 1.80 bits per heavy atom. The Labute approximate surface area is 119 Å². The van der Waals surface area contributed by atoms with Crippen LogP contribution in [0.3, 0.4) is 0 Å². The summed E-state index contributed by atoms with van der Waals surface area (Å²) in [6.45, 7) is 6.41. The Hall–Kier alpha value is -1.88. The van der Waals surface area contributed by atoms with Gasteiger partial charge in [0.1, 0.15) is 0 Å². The third-order valence-corrected chi connectivity index (χ3v) is 2.94. The molecule has 0 saturated carbocycles. The van der Waals surface area contributed by atoms with Gasteiger partial charge in [0.2, 0.25) is 5.91 Å². The van der Waals surface area contributed by atoms with Crippen molar-refractivity contribution in [1.29, 1.82) is 0 Å². The number of rotatable bonds is 6. The molecule has 0 radical (unpaired) electrons. The van der Waals surface area contributed by atoms with Crippen LogP contribution in [-0.2, 0) is 9.59 Å². The second-order valence-corrected chi connectivity index (χ2v) is 5.65. The second kappa shape index (κ2) is 7.05. The van der Waals surface area contributed by atoms with Gasteiger partial charge in [-0.1, -0.05) is 18.2 Å². The fraction of sp³-hybridized carbons (Fsp3) is 0.467. The molecule has 0 fully saturated rings. The number of carbonyl (C=O) groups is 2. The van der Waals surface area contributed by atoms with Gasteiger partial charge in [0, 0.05) is 17.8 Å². The molecule has 0 aliphatic carbocycles. The van der Waals surface area contributed by atoms with E-state index in [2.05, 4.69) is 5.32 Å². The molecule has 110 valence electrons. The van der Waals surface area contributed by atoms with E-state index in [0.717, 1.165) is 5.69 Å². The maximum absolute atomic E-state index is 12.0. The van der Waals surface area contributed by atoms with Crippen LogP contribution in [-0.4, -0.2) is 40.5 Å². The van der Waals surface area contributed by atoms with Crippen LogP contribution in [0.1, 0.15) is 27.2 Å². The summed E-state index contributed by atoms with van der Waals surface area (Å²) in [5.41, 5.74) is 0.480. The van der Waals surface area contributed by atoms with E-state index in [1.54, 1.807) is 0 Å². The molecule has 0 aliphatic heterocycles. The number of hydrogen-bond acceptors (Lipinski definition) is 3. The average molecular weight is 278 g/mol. The molecule has 0 spiro atoms. The van der Waals surface area contributed by atoms with Crippen LogP contribution in [0.2, 0.25) is 0 Å². The number of para-hydroxylation sites is 1. The van der Waals surface area contributed by atoms with Crippen molar-refractivity contribution in [2.24, 2.45) is 0 Å². The summed E-state index contributed by atoms with van der Waals surface area (Å²) in [5, 5.41) is 11.6. The highest BCUT2D eigenvalue weighted by molar-refractivity contribution is 5.92. The number of aliphatic carboxylic acids is 1. The molecule has 0 heterocycles. The van der Waals surface area contributed by atoms with Gasteiger partial charge in [-0.25, -0.2) is 0 Å². The van der Waals surface area contributed by atoms with Crippen LogP contribution in [0.5, 0.6) is 0 Å². The normalized spacial score (nSPS) is 11.4. The Kier molecular flexibility index (Phi) is 5.70. The molecule has 0 aliphatic rings. The molecular formula is C15H22N2O3. The van der Waals surface area contributed by atoms with Crippen LogP contribution in [0, 0.1) is 0 Å². The van der Waals surface area contributed by atoms with Crippen molar-refractivity contribution >= 4 is 17.6 Å². The largest absolute Gasteiger partial charge is 0.481 e. The lowest BCUT2D eigenvalue weighted by Gasteiger charge is -2.34. The summed E-state index contributed by atoms with van der Waals surface area (Å²) in [6, 6.07) is 9.21. The first-order chi connectivity index (χ1) is 9.29. The van der Waals surface area contributed by atoms with Crippen LogP contribution < -0.4 is 5.32 Å². The van der Waals surface area contributed by atoms with Gasteiger partial charge in [0.05, 0.1) is 13.0 Å². The third kappa shape index (κ3) is 5.84. The molecule has 1 aromatic rings. The zero-order valence-corrected chi connectivity index (χ0v) is 12.2. The molecule has 0 saturated heterocycles. The minimum atomic E-state index is -0.859. The first-order valence-electron chi connectivity index (χ1n) is 6.61. The number of nitrogens with one attached hydrogen (secondary N) is 1. The van der Waals surface area contributed by atoms with E-state index in [-0.39, 0.29) is 24.4 Å². The van der Waals surface area contributed by atoms with Crippen molar-refractivity contribution in [3.05, 3.63) is 30.3 Å². The summed E-state index contributed by atoms with van der Waals surface area (Å²) < 4.78 is 0. The monoisotopic (exact) mass is 278 g/mol. The quantitative estimate of drug-likeness (QED) is 0.837. The van der Waals surface area contributed by atoms with E-state index in [0.29, 0.717) is 6.54 Å². The number of hydrogen-bond donors (Lipinski definition) is 2. The van der Waals surface area contributed by atoms with E-state index >= 15 is 0 Å². The van der Waals surface area contributed by atoms with E-state index in [9.17, 15) is 9.59 Å². The molecule has 20 heavy (non-hydrogen) atoms. The molecular weight excluding hydrogens is 256 g/mol. The smallest absolute Gasteiger partial charge is 0.304 e. The molecule has 5 nitrogen and oxygen atoms in total. The average Bonchev–Trinajstić information content (AvgIpc) is 2.34. The molecule has 5 heteroatoms. The van der Waals surface area contributed by atoms with Crippen LogP contribution in [0.4, 0.5) is 5.69 Å². The number of nitrogens with zero attached hydrogens (tertiary/aromatic N) is 1. The summed E-state index contributed by atoms with van der Waals surface area (Å²) in [7, 11) is 0. The number of carboxylic acids is 1. The predicted octanol–water partition coefficient (Wildman–Crippen LogP) is 2.20. The second-order valence-electron chi connectivity index (χ2n) is 5.65. The lowest BCUT2D eigenvalue weighted by Crippen LogP contribution is -2.46. The molecule has 0 atom stereocenters. The zero-order chi connectivity index (χ0) is 15.2. The molecule has 0 aromatic heterocycles. The number of benzene rings is 1. The Morgan fingerprint density at radius 1 is 1.20 bits per heavy atom. The van der Waals surface area contributed by atoms with Crippen molar-refractivity contribution in [2.75, 3.05) is 18.4 Å². The van der Waals surface area contributed by atoms with Gasteiger partial charge >= 0.3 is 5.97 Å². The molecule has 1 amide bonds. The minimum absolute atomic E-state index is 0.0237. The fourth-order valence-corrected chi connectivity index (χ4v) is 1.78. The highest BCUT2D eigenvalue weighted by Gasteiger charge is 2.24. The van der Waals surface area contributed by atoms with Gasteiger partial charge < -0.3 is 10.4 Å². The Bertz CT molecular complexity index is 452.